The fourth-order valence-corrected chi connectivity index (χ4v) is 2.10. The van der Waals surface area contributed by atoms with Gasteiger partial charge in [0.1, 0.15) is 0 Å². The highest BCUT2D eigenvalue weighted by molar-refractivity contribution is 6.31. The molecule has 14 heavy (non-hydrogen) atoms. The van der Waals surface area contributed by atoms with Crippen molar-refractivity contribution in [1.82, 2.24) is 5.32 Å². The first kappa shape index (κ1) is 9.74. The molecule has 76 valence electrons. The first-order valence-electron chi connectivity index (χ1n) is 4.67. The van der Waals surface area contributed by atoms with E-state index in [2.05, 4.69) is 5.32 Å². The average molecular weight is 215 g/mol. The van der Waals surface area contributed by atoms with Crippen molar-refractivity contribution in [3.05, 3.63) is 28.5 Å². The van der Waals surface area contributed by atoms with Gasteiger partial charge >= 0.3 is 0 Å². The summed E-state index contributed by atoms with van der Waals surface area (Å²) in [5, 5.41) is 3.43. The quantitative estimate of drug-likeness (QED) is 0.705. The Bertz CT molecular complexity index is 348. The molecule has 4 heteroatoms. The molecular weight excluding hydrogens is 203 g/mol. The van der Waals surface area contributed by atoms with Crippen molar-refractivity contribution >= 4 is 17.3 Å². The molecule has 1 aromatic carbocycles. The fourth-order valence-electron chi connectivity index (χ4n) is 1.80. The summed E-state index contributed by atoms with van der Waals surface area (Å²) in [5.74, 6) is -0.502. The van der Waals surface area contributed by atoms with Crippen LogP contribution in [0.25, 0.3) is 0 Å². The number of anilines is 1. The third kappa shape index (κ3) is 1.57. The SMILES string of the molecule is Nc1ccc([C@@H]2CCCN2)c(Cl)c1F. The summed E-state index contributed by atoms with van der Waals surface area (Å²) in [4.78, 5) is 0. The molecule has 1 heterocycles. The Kier molecular flexibility index (Phi) is 2.61. The molecule has 0 amide bonds. The monoisotopic (exact) mass is 214 g/mol. The normalized spacial score (nSPS) is 21.4. The van der Waals surface area contributed by atoms with Crippen LogP contribution in [0.4, 0.5) is 10.1 Å². The lowest BCUT2D eigenvalue weighted by Crippen LogP contribution is -2.14. The van der Waals surface area contributed by atoms with E-state index >= 15 is 0 Å². The van der Waals surface area contributed by atoms with Gasteiger partial charge in [-0.25, -0.2) is 4.39 Å². The van der Waals surface area contributed by atoms with E-state index in [1.165, 1.54) is 0 Å². The van der Waals surface area contributed by atoms with Gasteiger partial charge in [0.15, 0.2) is 5.82 Å². The number of benzene rings is 1. The van der Waals surface area contributed by atoms with Crippen LogP contribution in [0.1, 0.15) is 24.4 Å². The molecule has 1 saturated heterocycles. The second-order valence-electron chi connectivity index (χ2n) is 3.52. The van der Waals surface area contributed by atoms with Gasteiger partial charge in [-0.1, -0.05) is 17.7 Å². The van der Waals surface area contributed by atoms with E-state index in [4.69, 9.17) is 17.3 Å². The maximum absolute atomic E-state index is 13.4. The van der Waals surface area contributed by atoms with Crippen LogP contribution in [0.15, 0.2) is 12.1 Å². The molecule has 1 fully saturated rings. The molecule has 1 aliphatic heterocycles. The Morgan fingerprint density at radius 1 is 1.50 bits per heavy atom. The molecular formula is C10H12ClFN2. The topological polar surface area (TPSA) is 38.0 Å². The zero-order valence-corrected chi connectivity index (χ0v) is 8.44. The minimum Gasteiger partial charge on any atom is -0.396 e. The molecule has 0 bridgehead atoms. The van der Waals surface area contributed by atoms with Crippen LogP contribution in [0.5, 0.6) is 0 Å². The standard InChI is InChI=1S/C10H12ClFN2/c11-9-6(8-2-1-5-14-8)3-4-7(13)10(9)12/h3-4,8,14H,1-2,5,13H2/t8-/m0/s1. The Balaban J connectivity index is 2.38. The number of nitrogen functional groups attached to an aromatic ring is 1. The third-order valence-electron chi connectivity index (χ3n) is 2.58. The van der Waals surface area contributed by atoms with E-state index in [1.54, 1.807) is 12.1 Å². The van der Waals surface area contributed by atoms with Crippen LogP contribution in [-0.2, 0) is 0 Å². The summed E-state index contributed by atoms with van der Waals surface area (Å²) in [6.07, 6.45) is 2.11. The van der Waals surface area contributed by atoms with E-state index < -0.39 is 5.82 Å². The zero-order chi connectivity index (χ0) is 10.1. The predicted octanol–water partition coefficient (Wildman–Crippen LogP) is 2.49. The molecule has 1 atom stereocenters. The number of halogens is 2. The van der Waals surface area contributed by atoms with Crippen LogP contribution >= 0.6 is 11.6 Å². The summed E-state index contributed by atoms with van der Waals surface area (Å²) >= 11 is 5.88. The first-order chi connectivity index (χ1) is 6.70. The zero-order valence-electron chi connectivity index (χ0n) is 7.69. The number of hydrogen-bond acceptors (Lipinski definition) is 2. The van der Waals surface area contributed by atoms with Gasteiger partial charge in [0.25, 0.3) is 0 Å². The number of nitrogens with two attached hydrogens (primary N) is 1. The van der Waals surface area contributed by atoms with E-state index in [-0.39, 0.29) is 16.8 Å². The second-order valence-corrected chi connectivity index (χ2v) is 3.90. The Hall–Kier alpha value is -0.800. The van der Waals surface area contributed by atoms with Gasteiger partial charge in [0.05, 0.1) is 10.7 Å². The molecule has 1 aliphatic rings. The molecule has 1 aromatic rings. The highest BCUT2D eigenvalue weighted by Gasteiger charge is 2.21. The number of nitrogens with one attached hydrogen (secondary N) is 1. The Morgan fingerprint density at radius 2 is 2.29 bits per heavy atom. The maximum Gasteiger partial charge on any atom is 0.164 e. The highest BCUT2D eigenvalue weighted by atomic mass is 35.5. The lowest BCUT2D eigenvalue weighted by Gasteiger charge is -2.13. The number of rotatable bonds is 1. The largest absolute Gasteiger partial charge is 0.396 e. The van der Waals surface area contributed by atoms with Crippen LogP contribution in [0, 0.1) is 5.82 Å². The van der Waals surface area contributed by atoms with Gasteiger partial charge in [0.2, 0.25) is 0 Å². The van der Waals surface area contributed by atoms with Crippen LogP contribution in [-0.4, -0.2) is 6.54 Å². The summed E-state index contributed by atoms with van der Waals surface area (Å²) < 4.78 is 13.4. The highest BCUT2D eigenvalue weighted by Crippen LogP contribution is 2.32. The lowest BCUT2D eigenvalue weighted by molar-refractivity contribution is 0.610. The van der Waals surface area contributed by atoms with Gasteiger partial charge in [0, 0.05) is 6.04 Å². The minimum absolute atomic E-state index is 0.108. The van der Waals surface area contributed by atoms with Crippen molar-refractivity contribution < 1.29 is 4.39 Å². The Labute approximate surface area is 87.2 Å². The first-order valence-corrected chi connectivity index (χ1v) is 5.04. The smallest absolute Gasteiger partial charge is 0.164 e. The second kappa shape index (κ2) is 3.75. The van der Waals surface area contributed by atoms with Gasteiger partial charge in [-0.15, -0.1) is 0 Å². The molecule has 0 aromatic heterocycles. The summed E-state index contributed by atoms with van der Waals surface area (Å²) in [5.41, 5.74) is 6.33. The average Bonchev–Trinajstić information content (AvgIpc) is 2.67. The molecule has 2 rings (SSSR count). The van der Waals surface area contributed by atoms with Crippen LogP contribution in [0.2, 0.25) is 5.02 Å². The molecule has 0 saturated carbocycles. The summed E-state index contributed by atoms with van der Waals surface area (Å²) in [6.45, 7) is 0.965. The van der Waals surface area contributed by atoms with Crippen molar-refractivity contribution in [3.8, 4) is 0 Å². The molecule has 0 spiro atoms. The van der Waals surface area contributed by atoms with E-state index in [0.29, 0.717) is 0 Å². The molecule has 0 radical (unpaired) electrons. The molecule has 2 nitrogen and oxygen atoms in total. The van der Waals surface area contributed by atoms with Crippen molar-refractivity contribution in [2.45, 2.75) is 18.9 Å². The van der Waals surface area contributed by atoms with Crippen molar-refractivity contribution in [1.29, 1.82) is 0 Å². The van der Waals surface area contributed by atoms with E-state index in [1.807, 2.05) is 0 Å². The van der Waals surface area contributed by atoms with E-state index in [0.717, 1.165) is 24.9 Å². The lowest BCUT2D eigenvalue weighted by atomic mass is 10.0. The van der Waals surface area contributed by atoms with Crippen molar-refractivity contribution in [2.24, 2.45) is 0 Å². The molecule has 0 unspecified atom stereocenters. The van der Waals surface area contributed by atoms with Crippen molar-refractivity contribution in [3.63, 3.8) is 0 Å². The number of hydrogen-bond donors (Lipinski definition) is 2. The van der Waals surface area contributed by atoms with Gasteiger partial charge in [-0.3, -0.25) is 0 Å². The van der Waals surface area contributed by atoms with Gasteiger partial charge < -0.3 is 11.1 Å². The molecule has 0 aliphatic carbocycles. The summed E-state index contributed by atoms with van der Waals surface area (Å²) in [7, 11) is 0. The fraction of sp³-hybridized carbons (Fsp3) is 0.400. The Morgan fingerprint density at radius 3 is 2.93 bits per heavy atom. The summed E-state index contributed by atoms with van der Waals surface area (Å²) in [6, 6.07) is 3.54. The minimum atomic E-state index is -0.502. The van der Waals surface area contributed by atoms with Gasteiger partial charge in [-0.05, 0) is 31.0 Å². The third-order valence-corrected chi connectivity index (χ3v) is 2.96. The van der Waals surface area contributed by atoms with Crippen LogP contribution < -0.4 is 11.1 Å². The van der Waals surface area contributed by atoms with E-state index in [9.17, 15) is 4.39 Å². The van der Waals surface area contributed by atoms with Crippen LogP contribution in [0.3, 0.4) is 0 Å². The van der Waals surface area contributed by atoms with Crippen molar-refractivity contribution in [2.75, 3.05) is 12.3 Å². The maximum atomic E-state index is 13.4. The molecule has 3 N–H and O–H groups in total. The predicted molar refractivity (Wildman–Crippen MR) is 55.8 cm³/mol. The van der Waals surface area contributed by atoms with Gasteiger partial charge in [-0.2, -0.15) is 0 Å².